The van der Waals surface area contributed by atoms with Gasteiger partial charge in [-0.05, 0) is 31.5 Å². The van der Waals surface area contributed by atoms with Crippen LogP contribution in [0, 0.1) is 0 Å². The highest BCUT2D eigenvalue weighted by atomic mass is 16.5. The Hall–Kier alpha value is -1.17. The molecule has 3 N–H and O–H groups in total. The van der Waals surface area contributed by atoms with Crippen molar-refractivity contribution in [3.05, 3.63) is 23.9 Å². The number of nitrogens with two attached hydrogens (primary N) is 1. The van der Waals surface area contributed by atoms with Gasteiger partial charge in [0.25, 0.3) is 0 Å². The molecule has 1 saturated heterocycles. The Morgan fingerprint density at radius 1 is 1.61 bits per heavy atom. The Kier molecular flexibility index (Phi) is 3.85. The SMILES string of the molecule is CC1(C)CN(c2cc(CN)ccn2)CC(CO)O1. The van der Waals surface area contributed by atoms with Crippen LogP contribution in [0.15, 0.2) is 18.3 Å². The molecule has 1 aromatic heterocycles. The number of aromatic nitrogens is 1. The Morgan fingerprint density at radius 3 is 3.06 bits per heavy atom. The summed E-state index contributed by atoms with van der Waals surface area (Å²) in [5.74, 6) is 0.896. The molecule has 1 aliphatic rings. The maximum absolute atomic E-state index is 9.30. The number of rotatable bonds is 3. The fourth-order valence-electron chi connectivity index (χ4n) is 2.33. The normalized spacial score (nSPS) is 23.1. The molecule has 0 aliphatic carbocycles. The van der Waals surface area contributed by atoms with Crippen molar-refractivity contribution < 1.29 is 9.84 Å². The second kappa shape index (κ2) is 5.22. The summed E-state index contributed by atoms with van der Waals surface area (Å²) in [6, 6.07) is 3.91. The van der Waals surface area contributed by atoms with Gasteiger partial charge < -0.3 is 20.5 Å². The number of aliphatic hydroxyl groups excluding tert-OH is 1. The molecule has 5 heteroatoms. The van der Waals surface area contributed by atoms with Crippen molar-refractivity contribution in [2.24, 2.45) is 5.73 Å². The van der Waals surface area contributed by atoms with E-state index in [1.807, 2.05) is 26.0 Å². The first-order valence-corrected chi connectivity index (χ1v) is 6.23. The maximum atomic E-state index is 9.30. The van der Waals surface area contributed by atoms with Gasteiger partial charge in [0.15, 0.2) is 0 Å². The van der Waals surface area contributed by atoms with Crippen LogP contribution in [0.25, 0.3) is 0 Å². The summed E-state index contributed by atoms with van der Waals surface area (Å²) in [6.07, 6.45) is 1.60. The molecular weight excluding hydrogens is 230 g/mol. The van der Waals surface area contributed by atoms with Crippen LogP contribution in [0.3, 0.4) is 0 Å². The summed E-state index contributed by atoms with van der Waals surface area (Å²) in [5.41, 5.74) is 6.42. The van der Waals surface area contributed by atoms with Gasteiger partial charge in [0.1, 0.15) is 5.82 Å². The first-order chi connectivity index (χ1) is 8.54. The number of nitrogens with zero attached hydrogens (tertiary/aromatic N) is 2. The Morgan fingerprint density at radius 2 is 2.39 bits per heavy atom. The highest BCUT2D eigenvalue weighted by molar-refractivity contribution is 5.42. The zero-order valence-corrected chi connectivity index (χ0v) is 11.0. The largest absolute Gasteiger partial charge is 0.394 e. The monoisotopic (exact) mass is 251 g/mol. The quantitative estimate of drug-likeness (QED) is 0.819. The van der Waals surface area contributed by atoms with E-state index in [0.29, 0.717) is 13.1 Å². The first kappa shape index (κ1) is 13.3. The van der Waals surface area contributed by atoms with E-state index in [4.69, 9.17) is 10.5 Å². The summed E-state index contributed by atoms with van der Waals surface area (Å²) in [5, 5.41) is 9.30. The second-order valence-corrected chi connectivity index (χ2v) is 5.29. The molecule has 100 valence electrons. The topological polar surface area (TPSA) is 71.6 Å². The Balaban J connectivity index is 2.20. The van der Waals surface area contributed by atoms with Crippen molar-refractivity contribution in [1.29, 1.82) is 0 Å². The van der Waals surface area contributed by atoms with Gasteiger partial charge in [-0.1, -0.05) is 0 Å². The molecule has 1 atom stereocenters. The summed E-state index contributed by atoms with van der Waals surface area (Å²) < 4.78 is 5.79. The lowest BCUT2D eigenvalue weighted by Crippen LogP contribution is -2.54. The van der Waals surface area contributed by atoms with Crippen molar-refractivity contribution in [3.63, 3.8) is 0 Å². The zero-order chi connectivity index (χ0) is 13.2. The van der Waals surface area contributed by atoms with Crippen molar-refractivity contribution in [2.45, 2.75) is 32.1 Å². The van der Waals surface area contributed by atoms with Gasteiger partial charge in [0, 0.05) is 25.8 Å². The molecule has 1 aliphatic heterocycles. The first-order valence-electron chi connectivity index (χ1n) is 6.23. The predicted molar refractivity (Wildman–Crippen MR) is 70.4 cm³/mol. The highest BCUT2D eigenvalue weighted by Gasteiger charge is 2.33. The van der Waals surface area contributed by atoms with Crippen LogP contribution in [0.1, 0.15) is 19.4 Å². The van der Waals surface area contributed by atoms with Gasteiger partial charge >= 0.3 is 0 Å². The molecule has 5 nitrogen and oxygen atoms in total. The third kappa shape index (κ3) is 2.98. The van der Waals surface area contributed by atoms with Gasteiger partial charge in [-0.3, -0.25) is 0 Å². The third-order valence-corrected chi connectivity index (χ3v) is 3.05. The molecule has 0 radical (unpaired) electrons. The van der Waals surface area contributed by atoms with Crippen molar-refractivity contribution >= 4 is 5.82 Å². The lowest BCUT2D eigenvalue weighted by molar-refractivity contribution is -0.101. The second-order valence-electron chi connectivity index (χ2n) is 5.29. The molecular formula is C13H21N3O2. The lowest BCUT2D eigenvalue weighted by atomic mass is 10.1. The lowest BCUT2D eigenvalue weighted by Gasteiger charge is -2.42. The maximum Gasteiger partial charge on any atom is 0.128 e. The number of morpholine rings is 1. The molecule has 0 saturated carbocycles. The number of ether oxygens (including phenoxy) is 1. The van der Waals surface area contributed by atoms with E-state index in [1.54, 1.807) is 6.20 Å². The van der Waals surface area contributed by atoms with E-state index in [1.165, 1.54) is 0 Å². The van der Waals surface area contributed by atoms with Crippen molar-refractivity contribution in [1.82, 2.24) is 4.98 Å². The van der Waals surface area contributed by atoms with E-state index in [-0.39, 0.29) is 18.3 Å². The summed E-state index contributed by atoms with van der Waals surface area (Å²) in [4.78, 5) is 6.52. The van der Waals surface area contributed by atoms with Gasteiger partial charge in [-0.15, -0.1) is 0 Å². The number of aliphatic hydroxyl groups is 1. The van der Waals surface area contributed by atoms with E-state index >= 15 is 0 Å². The average Bonchev–Trinajstić information content (AvgIpc) is 2.37. The van der Waals surface area contributed by atoms with Gasteiger partial charge in [0.05, 0.1) is 18.3 Å². The minimum absolute atomic E-state index is 0.0243. The van der Waals surface area contributed by atoms with Crippen LogP contribution in [0.2, 0.25) is 0 Å². The molecule has 0 spiro atoms. The smallest absolute Gasteiger partial charge is 0.128 e. The standard InChI is InChI=1S/C13H21N3O2/c1-13(2)9-16(7-11(8-17)18-13)12-5-10(6-14)3-4-15-12/h3-5,11,17H,6-9,14H2,1-2H3. The highest BCUT2D eigenvalue weighted by Crippen LogP contribution is 2.25. The molecule has 2 rings (SSSR count). The molecule has 1 fully saturated rings. The van der Waals surface area contributed by atoms with Crippen LogP contribution in [0.5, 0.6) is 0 Å². The fraction of sp³-hybridized carbons (Fsp3) is 0.615. The molecule has 1 unspecified atom stereocenters. The molecule has 2 heterocycles. The van der Waals surface area contributed by atoms with E-state index in [2.05, 4.69) is 9.88 Å². The van der Waals surface area contributed by atoms with Crippen LogP contribution in [0.4, 0.5) is 5.82 Å². The van der Waals surface area contributed by atoms with Crippen LogP contribution in [-0.2, 0) is 11.3 Å². The molecule has 0 bridgehead atoms. The Bertz CT molecular complexity index is 409. The van der Waals surface area contributed by atoms with E-state index in [0.717, 1.165) is 17.9 Å². The number of pyridine rings is 1. The summed E-state index contributed by atoms with van der Waals surface area (Å²) in [7, 11) is 0. The zero-order valence-electron chi connectivity index (χ0n) is 11.0. The van der Waals surface area contributed by atoms with Crippen LogP contribution < -0.4 is 10.6 Å². The van der Waals surface area contributed by atoms with Gasteiger partial charge in [-0.2, -0.15) is 0 Å². The fourth-order valence-corrected chi connectivity index (χ4v) is 2.33. The van der Waals surface area contributed by atoms with Crippen molar-refractivity contribution in [3.8, 4) is 0 Å². The minimum Gasteiger partial charge on any atom is -0.394 e. The third-order valence-electron chi connectivity index (χ3n) is 3.05. The average molecular weight is 251 g/mol. The number of anilines is 1. The van der Waals surface area contributed by atoms with Gasteiger partial charge in [-0.25, -0.2) is 4.98 Å². The van der Waals surface area contributed by atoms with Crippen molar-refractivity contribution in [2.75, 3.05) is 24.6 Å². The minimum atomic E-state index is -0.286. The number of hydrogen-bond donors (Lipinski definition) is 2. The molecule has 0 amide bonds. The van der Waals surface area contributed by atoms with Crippen LogP contribution >= 0.6 is 0 Å². The van der Waals surface area contributed by atoms with E-state index in [9.17, 15) is 5.11 Å². The van der Waals surface area contributed by atoms with Gasteiger partial charge in [0.2, 0.25) is 0 Å². The predicted octanol–water partition coefficient (Wildman–Crippen LogP) is 0.516. The summed E-state index contributed by atoms with van der Waals surface area (Å²) in [6.45, 7) is 5.98. The number of hydrogen-bond acceptors (Lipinski definition) is 5. The Labute approximate surface area is 108 Å². The molecule has 0 aromatic carbocycles. The van der Waals surface area contributed by atoms with Crippen LogP contribution in [-0.4, -0.2) is 41.5 Å². The molecule has 1 aromatic rings. The van der Waals surface area contributed by atoms with E-state index < -0.39 is 0 Å². The molecule has 18 heavy (non-hydrogen) atoms. The summed E-state index contributed by atoms with van der Waals surface area (Å²) >= 11 is 0.